The van der Waals surface area contributed by atoms with E-state index in [1.165, 1.54) is 0 Å². The smallest absolute Gasteiger partial charge is 0.290 e. The van der Waals surface area contributed by atoms with Crippen LogP contribution in [0.4, 0.5) is 0 Å². The van der Waals surface area contributed by atoms with Crippen molar-refractivity contribution in [2.24, 2.45) is 0 Å². The number of aryl methyl sites for hydroxylation is 1. The Morgan fingerprint density at radius 2 is 1.92 bits per heavy atom. The van der Waals surface area contributed by atoms with E-state index in [1.54, 1.807) is 49.3 Å². The number of nitrogens with zero attached hydrogens (tertiary/aromatic N) is 2. The van der Waals surface area contributed by atoms with E-state index < -0.39 is 23.5 Å². The second-order valence-electron chi connectivity index (χ2n) is 8.97. The lowest BCUT2D eigenvalue weighted by atomic mass is 9.94. The summed E-state index contributed by atoms with van der Waals surface area (Å²) in [6.45, 7) is 8.53. The van der Waals surface area contributed by atoms with Gasteiger partial charge in [0.25, 0.3) is 5.91 Å². The number of furan rings is 1. The highest BCUT2D eigenvalue weighted by Gasteiger charge is 2.44. The first-order valence-electron chi connectivity index (χ1n) is 12.4. The number of methoxy groups -OCH3 is 1. The number of carbonyl (C=O) groups is 2. The van der Waals surface area contributed by atoms with Gasteiger partial charge in [-0.3, -0.25) is 14.5 Å². The van der Waals surface area contributed by atoms with Gasteiger partial charge in [-0.15, -0.1) is 0 Å². The van der Waals surface area contributed by atoms with E-state index in [0.29, 0.717) is 55.6 Å². The van der Waals surface area contributed by atoms with Gasteiger partial charge in [-0.1, -0.05) is 13.0 Å². The van der Waals surface area contributed by atoms with Crippen molar-refractivity contribution in [1.29, 1.82) is 0 Å². The third kappa shape index (κ3) is 5.42. The number of carbonyl (C=O) groups excluding carboxylic acids is 2. The Balaban J connectivity index is 1.65. The number of amides is 1. The van der Waals surface area contributed by atoms with E-state index >= 15 is 0 Å². The summed E-state index contributed by atoms with van der Waals surface area (Å²) in [5.41, 5.74) is 0.649. The van der Waals surface area contributed by atoms with Crippen LogP contribution in [-0.4, -0.2) is 79.7 Å². The van der Waals surface area contributed by atoms with Gasteiger partial charge >= 0.3 is 0 Å². The monoisotopic (exact) mass is 498 g/mol. The molecule has 1 atom stereocenters. The van der Waals surface area contributed by atoms with Gasteiger partial charge in [0.05, 0.1) is 38.5 Å². The molecule has 1 aromatic heterocycles. The molecule has 0 aliphatic carbocycles. The third-order valence-electron chi connectivity index (χ3n) is 6.45. The summed E-state index contributed by atoms with van der Waals surface area (Å²) >= 11 is 0. The standard InChI is InChI=1S/C27H34N2O7/c1-4-14-35-20-9-7-19(17-22(20)33-3)24-23(25(30)21-8-6-18(2)36-21)26(31)27(32)29(24)11-5-10-28-12-15-34-16-13-28/h6-9,17,24,31H,4-5,10-16H2,1-3H3/t24-/m0/s1. The van der Waals surface area contributed by atoms with Gasteiger partial charge < -0.3 is 28.6 Å². The lowest BCUT2D eigenvalue weighted by Gasteiger charge is -2.30. The molecule has 9 nitrogen and oxygen atoms in total. The molecule has 1 saturated heterocycles. The number of morpholine rings is 1. The lowest BCUT2D eigenvalue weighted by molar-refractivity contribution is -0.129. The van der Waals surface area contributed by atoms with Crippen LogP contribution in [0.3, 0.4) is 0 Å². The van der Waals surface area contributed by atoms with Gasteiger partial charge in [-0.25, -0.2) is 0 Å². The molecule has 2 aromatic rings. The summed E-state index contributed by atoms with van der Waals surface area (Å²) in [7, 11) is 1.54. The summed E-state index contributed by atoms with van der Waals surface area (Å²) in [5.74, 6) is 0.0925. The number of hydrogen-bond donors (Lipinski definition) is 1. The molecule has 2 aliphatic rings. The first-order chi connectivity index (χ1) is 17.4. The first-order valence-corrected chi connectivity index (χ1v) is 12.4. The zero-order valence-electron chi connectivity index (χ0n) is 21.1. The van der Waals surface area contributed by atoms with Crippen molar-refractivity contribution in [2.45, 2.75) is 32.7 Å². The Kier molecular flexibility index (Phi) is 8.32. The Hall–Kier alpha value is -3.30. The van der Waals surface area contributed by atoms with Gasteiger partial charge in [0, 0.05) is 26.2 Å². The van der Waals surface area contributed by atoms with Gasteiger partial charge in [0.2, 0.25) is 5.78 Å². The fourth-order valence-electron chi connectivity index (χ4n) is 4.63. The summed E-state index contributed by atoms with van der Waals surface area (Å²) in [6.07, 6.45) is 1.53. The predicted molar refractivity (Wildman–Crippen MR) is 133 cm³/mol. The molecule has 0 unspecified atom stereocenters. The van der Waals surface area contributed by atoms with Gasteiger partial charge in [0.15, 0.2) is 23.0 Å². The molecule has 1 amide bonds. The van der Waals surface area contributed by atoms with Gasteiger partial charge in [-0.2, -0.15) is 0 Å². The Morgan fingerprint density at radius 1 is 1.14 bits per heavy atom. The minimum absolute atomic E-state index is 0.00463. The van der Waals surface area contributed by atoms with Crippen LogP contribution in [0.25, 0.3) is 0 Å². The topological polar surface area (TPSA) is 102 Å². The molecule has 0 bridgehead atoms. The zero-order valence-corrected chi connectivity index (χ0v) is 21.1. The van der Waals surface area contributed by atoms with E-state index in [1.807, 2.05) is 6.92 Å². The van der Waals surface area contributed by atoms with Crippen molar-refractivity contribution in [1.82, 2.24) is 9.80 Å². The number of ether oxygens (including phenoxy) is 3. The van der Waals surface area contributed by atoms with E-state index in [2.05, 4.69) is 4.90 Å². The molecule has 4 rings (SSSR count). The van der Waals surface area contributed by atoms with Crippen LogP contribution in [-0.2, 0) is 9.53 Å². The van der Waals surface area contributed by atoms with Crippen LogP contribution in [0.5, 0.6) is 11.5 Å². The number of ketones is 1. The van der Waals surface area contributed by atoms with Crippen molar-refractivity contribution in [2.75, 3.05) is 53.1 Å². The second-order valence-corrected chi connectivity index (χ2v) is 8.97. The summed E-state index contributed by atoms with van der Waals surface area (Å²) in [4.78, 5) is 30.5. The molecule has 2 aliphatic heterocycles. The maximum Gasteiger partial charge on any atom is 0.290 e. The Morgan fingerprint density at radius 3 is 2.58 bits per heavy atom. The summed E-state index contributed by atoms with van der Waals surface area (Å²) < 4.78 is 22.3. The number of hydrogen-bond acceptors (Lipinski definition) is 8. The fraction of sp³-hybridized carbons (Fsp3) is 0.481. The van der Waals surface area contributed by atoms with Crippen molar-refractivity contribution in [3.63, 3.8) is 0 Å². The van der Waals surface area contributed by atoms with Crippen molar-refractivity contribution in [3.05, 3.63) is 58.7 Å². The first kappa shape index (κ1) is 25.8. The lowest BCUT2D eigenvalue weighted by Crippen LogP contribution is -2.39. The van der Waals surface area contributed by atoms with Crippen LogP contribution in [0.2, 0.25) is 0 Å². The largest absolute Gasteiger partial charge is 0.503 e. The molecule has 36 heavy (non-hydrogen) atoms. The minimum atomic E-state index is -0.783. The highest BCUT2D eigenvalue weighted by molar-refractivity contribution is 6.15. The van der Waals surface area contributed by atoms with Crippen molar-refractivity contribution >= 4 is 11.7 Å². The predicted octanol–water partition coefficient (Wildman–Crippen LogP) is 3.69. The van der Waals surface area contributed by atoms with Crippen molar-refractivity contribution < 1.29 is 33.3 Å². The normalized spacial score (nSPS) is 18.7. The van der Waals surface area contributed by atoms with Gasteiger partial charge in [-0.05, 0) is 49.6 Å². The second kappa shape index (κ2) is 11.6. The average Bonchev–Trinajstić information content (AvgIpc) is 3.44. The summed E-state index contributed by atoms with van der Waals surface area (Å²) in [6, 6.07) is 7.79. The van der Waals surface area contributed by atoms with Crippen LogP contribution in [0.1, 0.15) is 47.7 Å². The van der Waals surface area contributed by atoms with E-state index in [9.17, 15) is 14.7 Å². The molecule has 194 valence electrons. The van der Waals surface area contributed by atoms with Gasteiger partial charge in [0.1, 0.15) is 5.76 Å². The van der Waals surface area contributed by atoms with Crippen LogP contribution in [0, 0.1) is 6.92 Å². The maximum atomic E-state index is 13.5. The molecular weight excluding hydrogens is 464 g/mol. The van der Waals surface area contributed by atoms with Crippen LogP contribution < -0.4 is 9.47 Å². The molecular formula is C27H34N2O7. The SMILES string of the molecule is CCCOc1ccc([C@H]2C(C(=O)c3ccc(C)o3)=C(O)C(=O)N2CCCN2CCOCC2)cc1OC. The molecule has 1 N–H and O–H groups in total. The minimum Gasteiger partial charge on any atom is -0.503 e. The number of aliphatic hydroxyl groups excluding tert-OH is 1. The molecule has 0 saturated carbocycles. The number of benzene rings is 1. The van der Waals surface area contributed by atoms with E-state index in [0.717, 1.165) is 26.1 Å². The van der Waals surface area contributed by atoms with Crippen LogP contribution in [0.15, 0.2) is 46.1 Å². The highest BCUT2D eigenvalue weighted by atomic mass is 16.5. The average molecular weight is 499 g/mol. The molecule has 1 fully saturated rings. The zero-order chi connectivity index (χ0) is 25.7. The number of rotatable bonds is 11. The number of Topliss-reactive ketones (excluding diaryl/α,β-unsaturated/α-hetero) is 1. The molecule has 9 heteroatoms. The fourth-order valence-corrected chi connectivity index (χ4v) is 4.63. The molecule has 1 aromatic carbocycles. The quantitative estimate of drug-likeness (QED) is 0.468. The maximum absolute atomic E-state index is 13.5. The van der Waals surface area contributed by atoms with E-state index in [4.69, 9.17) is 18.6 Å². The molecule has 0 radical (unpaired) electrons. The molecule has 3 heterocycles. The van der Waals surface area contributed by atoms with E-state index in [-0.39, 0.29) is 11.3 Å². The highest BCUT2D eigenvalue weighted by Crippen LogP contribution is 2.42. The molecule has 0 spiro atoms. The Bertz CT molecular complexity index is 1120. The van der Waals surface area contributed by atoms with Crippen LogP contribution >= 0.6 is 0 Å². The third-order valence-corrected chi connectivity index (χ3v) is 6.45. The number of aliphatic hydroxyl groups is 1. The van der Waals surface area contributed by atoms with Crippen molar-refractivity contribution in [3.8, 4) is 11.5 Å². The Labute approximate surface area is 211 Å². The summed E-state index contributed by atoms with van der Waals surface area (Å²) in [5, 5.41) is 10.9.